The molecule has 1 heterocycles. The van der Waals surface area contributed by atoms with Crippen LogP contribution in [0.3, 0.4) is 0 Å². The van der Waals surface area contributed by atoms with Crippen molar-refractivity contribution in [1.29, 1.82) is 0 Å². The Hall–Kier alpha value is -1.15. The highest BCUT2D eigenvalue weighted by atomic mass is 19.4. The summed E-state index contributed by atoms with van der Waals surface area (Å²) in [5.41, 5.74) is 5.10. The van der Waals surface area contributed by atoms with E-state index in [4.69, 9.17) is 10.8 Å². The summed E-state index contributed by atoms with van der Waals surface area (Å²) in [5.74, 6) is -0.246. The zero-order valence-electron chi connectivity index (χ0n) is 7.66. The van der Waals surface area contributed by atoms with Gasteiger partial charge >= 0.3 is 6.18 Å². The van der Waals surface area contributed by atoms with Gasteiger partial charge in [-0.1, -0.05) is 5.16 Å². The second-order valence-corrected chi connectivity index (χ2v) is 2.92. The maximum absolute atomic E-state index is 11.8. The van der Waals surface area contributed by atoms with Crippen molar-refractivity contribution < 1.29 is 22.8 Å². The fraction of sp³-hybridized carbons (Fsp3) is 0.714. The van der Waals surface area contributed by atoms with Crippen molar-refractivity contribution in [1.82, 2.24) is 10.1 Å². The summed E-state index contributed by atoms with van der Waals surface area (Å²) in [6.45, 7) is -0.124. The SMILES string of the molecule is NCC(O)c1nc(CCC(F)(F)F)no1. The summed E-state index contributed by atoms with van der Waals surface area (Å²) in [7, 11) is 0. The van der Waals surface area contributed by atoms with E-state index >= 15 is 0 Å². The van der Waals surface area contributed by atoms with Crippen LogP contribution in [0.4, 0.5) is 13.2 Å². The molecule has 8 heteroatoms. The quantitative estimate of drug-likeness (QED) is 0.781. The lowest BCUT2D eigenvalue weighted by Gasteiger charge is -2.02. The van der Waals surface area contributed by atoms with Crippen molar-refractivity contribution in [3.05, 3.63) is 11.7 Å². The van der Waals surface area contributed by atoms with Crippen LogP contribution in [0.1, 0.15) is 24.2 Å². The van der Waals surface area contributed by atoms with Crippen LogP contribution in [0.25, 0.3) is 0 Å². The van der Waals surface area contributed by atoms with Gasteiger partial charge in [-0.15, -0.1) is 0 Å². The Kier molecular flexibility index (Phi) is 3.64. The highest BCUT2D eigenvalue weighted by Gasteiger charge is 2.27. The van der Waals surface area contributed by atoms with E-state index in [1.165, 1.54) is 0 Å². The molecule has 0 aliphatic carbocycles. The van der Waals surface area contributed by atoms with Gasteiger partial charge in [-0.2, -0.15) is 18.2 Å². The molecule has 86 valence electrons. The number of halogens is 3. The summed E-state index contributed by atoms with van der Waals surface area (Å²) in [6.07, 6.45) is -6.78. The van der Waals surface area contributed by atoms with Gasteiger partial charge in [0.25, 0.3) is 5.89 Å². The third kappa shape index (κ3) is 3.84. The monoisotopic (exact) mass is 225 g/mol. The number of hydrogen-bond acceptors (Lipinski definition) is 5. The predicted molar refractivity (Wildman–Crippen MR) is 42.7 cm³/mol. The van der Waals surface area contributed by atoms with Crippen molar-refractivity contribution >= 4 is 0 Å². The molecule has 0 fully saturated rings. The lowest BCUT2D eigenvalue weighted by atomic mass is 10.3. The van der Waals surface area contributed by atoms with Gasteiger partial charge in [0.05, 0.1) is 6.42 Å². The van der Waals surface area contributed by atoms with Gasteiger partial charge in [0.15, 0.2) is 5.82 Å². The van der Waals surface area contributed by atoms with Crippen molar-refractivity contribution in [2.75, 3.05) is 6.54 Å². The zero-order chi connectivity index (χ0) is 11.5. The van der Waals surface area contributed by atoms with Crippen LogP contribution in [-0.4, -0.2) is 28.0 Å². The van der Waals surface area contributed by atoms with Gasteiger partial charge in [-0.25, -0.2) is 0 Å². The molecule has 1 aromatic heterocycles. The minimum Gasteiger partial charge on any atom is -0.382 e. The molecule has 0 saturated carbocycles. The minimum absolute atomic E-state index is 0.0881. The summed E-state index contributed by atoms with van der Waals surface area (Å²) in [4.78, 5) is 3.58. The normalized spacial score (nSPS) is 14.2. The number of alkyl halides is 3. The minimum atomic E-state index is -4.26. The number of rotatable bonds is 4. The Morgan fingerprint density at radius 2 is 2.13 bits per heavy atom. The Bertz CT molecular complexity index is 313. The van der Waals surface area contributed by atoms with Gasteiger partial charge in [0.2, 0.25) is 0 Å². The first kappa shape index (κ1) is 11.9. The van der Waals surface area contributed by atoms with Crippen LogP contribution in [0.5, 0.6) is 0 Å². The topological polar surface area (TPSA) is 85.2 Å². The lowest BCUT2D eigenvalue weighted by Crippen LogP contribution is -2.12. The molecule has 0 bridgehead atoms. The van der Waals surface area contributed by atoms with Gasteiger partial charge in [-0.3, -0.25) is 0 Å². The first-order valence-corrected chi connectivity index (χ1v) is 4.19. The molecule has 1 aromatic rings. The number of aliphatic hydroxyl groups excluding tert-OH is 1. The van der Waals surface area contributed by atoms with Crippen LogP contribution in [0.2, 0.25) is 0 Å². The maximum Gasteiger partial charge on any atom is 0.389 e. The molecule has 0 radical (unpaired) electrons. The number of nitrogens with zero attached hydrogens (tertiary/aromatic N) is 2. The van der Waals surface area contributed by atoms with Crippen LogP contribution in [-0.2, 0) is 6.42 Å². The summed E-state index contributed by atoms with van der Waals surface area (Å²) >= 11 is 0. The number of aliphatic hydroxyl groups is 1. The fourth-order valence-electron chi connectivity index (χ4n) is 0.859. The molecule has 0 aliphatic heterocycles. The van der Waals surface area contributed by atoms with Gasteiger partial charge < -0.3 is 15.4 Å². The highest BCUT2D eigenvalue weighted by molar-refractivity contribution is 4.90. The van der Waals surface area contributed by atoms with Gasteiger partial charge in [0, 0.05) is 13.0 Å². The second-order valence-electron chi connectivity index (χ2n) is 2.92. The molecule has 3 N–H and O–H groups in total. The second kappa shape index (κ2) is 4.58. The number of aromatic nitrogens is 2. The van der Waals surface area contributed by atoms with E-state index < -0.39 is 18.7 Å². The van der Waals surface area contributed by atoms with Crippen molar-refractivity contribution in [2.45, 2.75) is 25.1 Å². The predicted octanol–water partition coefficient (Wildman–Crippen LogP) is 0.557. The lowest BCUT2D eigenvalue weighted by molar-refractivity contribution is -0.134. The van der Waals surface area contributed by atoms with E-state index in [-0.39, 0.29) is 24.7 Å². The molecule has 0 aliphatic rings. The molecule has 5 nitrogen and oxygen atoms in total. The average Bonchev–Trinajstić information content (AvgIpc) is 2.61. The largest absolute Gasteiger partial charge is 0.389 e. The van der Waals surface area contributed by atoms with Crippen LogP contribution in [0, 0.1) is 0 Å². The van der Waals surface area contributed by atoms with E-state index in [2.05, 4.69) is 14.7 Å². The van der Waals surface area contributed by atoms with Crippen LogP contribution in [0.15, 0.2) is 4.52 Å². The van der Waals surface area contributed by atoms with E-state index in [1.807, 2.05) is 0 Å². The molecule has 1 unspecified atom stereocenters. The highest BCUT2D eigenvalue weighted by Crippen LogP contribution is 2.21. The van der Waals surface area contributed by atoms with E-state index in [0.717, 1.165) is 0 Å². The standard InChI is InChI=1S/C7H10F3N3O2/c8-7(9,10)2-1-5-12-6(15-13-5)4(14)3-11/h4,14H,1-3,11H2. The Morgan fingerprint density at radius 1 is 1.47 bits per heavy atom. The molecule has 1 atom stereocenters. The van der Waals surface area contributed by atoms with Crippen molar-refractivity contribution in [3.8, 4) is 0 Å². The number of aryl methyl sites for hydroxylation is 1. The van der Waals surface area contributed by atoms with E-state index in [9.17, 15) is 13.2 Å². The smallest absolute Gasteiger partial charge is 0.382 e. The molecule has 15 heavy (non-hydrogen) atoms. The molecule has 0 amide bonds. The maximum atomic E-state index is 11.8. The molecule has 0 spiro atoms. The molecular formula is C7H10F3N3O2. The third-order valence-electron chi connectivity index (χ3n) is 1.62. The van der Waals surface area contributed by atoms with Crippen LogP contribution >= 0.6 is 0 Å². The van der Waals surface area contributed by atoms with Crippen LogP contribution < -0.4 is 5.73 Å². The Morgan fingerprint density at radius 3 is 2.67 bits per heavy atom. The van der Waals surface area contributed by atoms with E-state index in [0.29, 0.717) is 0 Å². The summed E-state index contributed by atoms with van der Waals surface area (Å²) < 4.78 is 40.0. The Labute approximate surface area is 83.1 Å². The molecular weight excluding hydrogens is 215 g/mol. The van der Waals surface area contributed by atoms with Gasteiger partial charge in [-0.05, 0) is 0 Å². The average molecular weight is 225 g/mol. The first-order valence-electron chi connectivity index (χ1n) is 4.19. The molecule has 0 saturated heterocycles. The van der Waals surface area contributed by atoms with E-state index in [1.54, 1.807) is 0 Å². The first-order chi connectivity index (χ1) is 6.92. The summed E-state index contributed by atoms with van der Waals surface area (Å²) in [6, 6.07) is 0. The molecule has 1 rings (SSSR count). The zero-order valence-corrected chi connectivity index (χ0v) is 7.66. The number of hydrogen-bond donors (Lipinski definition) is 2. The van der Waals surface area contributed by atoms with Crippen molar-refractivity contribution in [3.63, 3.8) is 0 Å². The van der Waals surface area contributed by atoms with Crippen molar-refractivity contribution in [2.24, 2.45) is 5.73 Å². The Balaban J connectivity index is 2.53. The summed E-state index contributed by atoms with van der Waals surface area (Å²) in [5, 5.41) is 12.4. The number of nitrogens with two attached hydrogens (primary N) is 1. The third-order valence-corrected chi connectivity index (χ3v) is 1.62. The molecule has 0 aromatic carbocycles. The fourth-order valence-corrected chi connectivity index (χ4v) is 0.859. The van der Waals surface area contributed by atoms with Gasteiger partial charge in [0.1, 0.15) is 6.10 Å².